The molecule has 0 bridgehead atoms. The molecule has 7 aromatic rings. The van der Waals surface area contributed by atoms with Crippen molar-refractivity contribution in [2.45, 2.75) is 61.4 Å². The number of rotatable bonds is 9. The van der Waals surface area contributed by atoms with Crippen molar-refractivity contribution < 1.29 is 39.5 Å². The third-order valence-electron chi connectivity index (χ3n) is 12.3. The number of ether oxygens (including phenoxy) is 1. The molecule has 70 heavy (non-hydrogen) atoms. The zero-order chi connectivity index (χ0) is 50.0. The Labute approximate surface area is 430 Å². The molecule has 1 aromatic carbocycles. The third kappa shape index (κ3) is 13.2. The Bertz CT molecular complexity index is 3200. The van der Waals surface area contributed by atoms with Crippen LogP contribution in [0.25, 0.3) is 30.6 Å². The standard InChI is InChI=1S/C26H29F3N4O4S2.C13H15ClN2O2S2.C7H3Cl2NS/c1-39(35,36)20-7-11-32(12-8-20)22-15-23(31-21-9-13-38-25(21)22)30-18-6-10-33(16-18)24(34)14-17-2-4-19(5-3-17)37-26(27,28)29;1-20(17,18)9-2-5-16(6-3-9)11-8-12(14)15-10-4-7-19-13(10)11;8-4-3-6(9)10-5-1-2-11-7(4)5/h2-5,9,13,15,18,20H,6-8,10-12,14,16H2,1H3,(H,30,31);4,7-9H,2-3,5-6H2,1H3;1-3H/t18-;;/m0../s1. The Morgan fingerprint density at radius 1 is 0.686 bits per heavy atom. The van der Waals surface area contributed by atoms with Crippen LogP contribution in [0.15, 0.2) is 76.8 Å². The molecule has 3 aliphatic rings. The number of hydrogen-bond acceptors (Lipinski definition) is 15. The molecule has 3 saturated heterocycles. The molecule has 1 amide bonds. The molecule has 3 aliphatic heterocycles. The molecule has 0 unspecified atom stereocenters. The molecule has 0 aliphatic carbocycles. The molecule has 0 radical (unpaired) electrons. The number of carbonyl (C=O) groups is 1. The molecule has 9 heterocycles. The number of pyridine rings is 3. The average molecular weight is 1120 g/mol. The fourth-order valence-corrected chi connectivity index (χ4v) is 14.1. The number of fused-ring (bicyclic) bond motifs is 3. The maximum Gasteiger partial charge on any atom is 0.573 e. The van der Waals surface area contributed by atoms with Crippen molar-refractivity contribution >= 4 is 142 Å². The van der Waals surface area contributed by atoms with Crippen LogP contribution in [0.1, 0.15) is 37.7 Å². The second-order valence-corrected chi connectivity index (χ2v) is 25.8. The van der Waals surface area contributed by atoms with Crippen molar-refractivity contribution in [2.75, 3.05) is 66.9 Å². The number of alkyl halides is 3. The first-order valence-corrected chi connectivity index (χ1v) is 29.7. The minimum absolute atomic E-state index is 0.00363. The molecule has 1 atom stereocenters. The predicted octanol–water partition coefficient (Wildman–Crippen LogP) is 11.0. The molecule has 0 spiro atoms. The van der Waals surface area contributed by atoms with E-state index >= 15 is 0 Å². The van der Waals surface area contributed by atoms with Crippen LogP contribution < -0.4 is 19.9 Å². The molecular weight excluding hydrogens is 1070 g/mol. The van der Waals surface area contributed by atoms with Gasteiger partial charge in [0.15, 0.2) is 0 Å². The van der Waals surface area contributed by atoms with Gasteiger partial charge in [0.2, 0.25) is 5.91 Å². The summed E-state index contributed by atoms with van der Waals surface area (Å²) in [6.45, 7) is 3.85. The van der Waals surface area contributed by atoms with Gasteiger partial charge in [-0.2, -0.15) is 0 Å². The molecule has 1 N–H and O–H groups in total. The second-order valence-electron chi connectivity index (χ2n) is 17.2. The van der Waals surface area contributed by atoms with E-state index in [9.17, 15) is 34.8 Å². The van der Waals surface area contributed by atoms with E-state index in [1.54, 1.807) is 45.0 Å². The van der Waals surface area contributed by atoms with Crippen LogP contribution in [0.4, 0.5) is 30.4 Å². The lowest BCUT2D eigenvalue weighted by atomic mass is 10.1. The minimum Gasteiger partial charge on any atom is -0.406 e. The number of amides is 1. The molecule has 13 nitrogen and oxygen atoms in total. The Morgan fingerprint density at radius 2 is 1.17 bits per heavy atom. The van der Waals surface area contributed by atoms with Gasteiger partial charge in [-0.1, -0.05) is 46.9 Å². The summed E-state index contributed by atoms with van der Waals surface area (Å²) in [6.07, 6.45) is 1.23. The number of benzene rings is 1. The molecule has 24 heteroatoms. The van der Waals surface area contributed by atoms with Crippen molar-refractivity contribution in [1.82, 2.24) is 19.9 Å². The minimum atomic E-state index is -4.76. The Morgan fingerprint density at radius 3 is 1.70 bits per heavy atom. The summed E-state index contributed by atoms with van der Waals surface area (Å²) >= 11 is 22.5. The number of nitrogens with one attached hydrogen (secondary N) is 1. The highest BCUT2D eigenvalue weighted by Gasteiger charge is 2.32. The number of carbonyl (C=O) groups excluding carboxylic acids is 1. The van der Waals surface area contributed by atoms with E-state index in [1.807, 2.05) is 46.5 Å². The van der Waals surface area contributed by atoms with Gasteiger partial charge in [0.05, 0.1) is 64.0 Å². The summed E-state index contributed by atoms with van der Waals surface area (Å²) in [7, 11) is -5.99. The SMILES string of the molecule is CS(=O)(=O)C1CCN(c2cc(Cl)nc3ccsc23)CC1.CS(=O)(=O)C1CCN(c2cc(N[C@H]3CCN(C(=O)Cc4ccc(OC(F)(F)F)cc4)C3)nc3ccsc23)CC1.Clc1cc(Cl)c2sccc2n1. The van der Waals surface area contributed by atoms with E-state index in [-0.39, 0.29) is 34.6 Å². The van der Waals surface area contributed by atoms with Crippen molar-refractivity contribution in [3.8, 4) is 5.75 Å². The van der Waals surface area contributed by atoms with Gasteiger partial charge < -0.3 is 24.8 Å². The lowest BCUT2D eigenvalue weighted by molar-refractivity contribution is -0.274. The van der Waals surface area contributed by atoms with Crippen molar-refractivity contribution in [2.24, 2.45) is 0 Å². The number of aromatic nitrogens is 3. The van der Waals surface area contributed by atoms with Crippen LogP contribution in [-0.2, 0) is 30.9 Å². The van der Waals surface area contributed by atoms with Crippen LogP contribution in [0, 0.1) is 0 Å². The first kappa shape index (κ1) is 52.1. The van der Waals surface area contributed by atoms with Gasteiger partial charge in [-0.25, -0.2) is 31.8 Å². The maximum atomic E-state index is 12.8. The van der Waals surface area contributed by atoms with Gasteiger partial charge in [0.25, 0.3) is 0 Å². The van der Waals surface area contributed by atoms with E-state index in [0.717, 1.165) is 61.5 Å². The van der Waals surface area contributed by atoms with Crippen molar-refractivity contribution in [3.05, 3.63) is 97.7 Å². The van der Waals surface area contributed by atoms with Gasteiger partial charge in [0.1, 0.15) is 41.5 Å². The molecule has 6 aromatic heterocycles. The summed E-state index contributed by atoms with van der Waals surface area (Å²) in [4.78, 5) is 32.2. The summed E-state index contributed by atoms with van der Waals surface area (Å²) in [5.74, 6) is 0.290. The predicted molar refractivity (Wildman–Crippen MR) is 279 cm³/mol. The third-order valence-corrected chi connectivity index (χ3v) is 19.2. The summed E-state index contributed by atoms with van der Waals surface area (Å²) < 4.78 is 91.3. The van der Waals surface area contributed by atoms with Crippen LogP contribution in [0.2, 0.25) is 15.3 Å². The van der Waals surface area contributed by atoms with Crippen LogP contribution in [0.5, 0.6) is 5.75 Å². The van der Waals surface area contributed by atoms with Gasteiger partial charge in [0, 0.05) is 70.0 Å². The van der Waals surface area contributed by atoms with E-state index in [4.69, 9.17) is 39.8 Å². The van der Waals surface area contributed by atoms with Crippen LogP contribution in [-0.4, -0.2) is 117 Å². The Hall–Kier alpha value is -4.22. The number of likely N-dealkylation sites (tertiary alicyclic amines) is 1. The van der Waals surface area contributed by atoms with E-state index in [2.05, 4.69) is 29.8 Å². The highest BCUT2D eigenvalue weighted by atomic mass is 35.5. The molecule has 3 fully saturated rings. The van der Waals surface area contributed by atoms with Crippen LogP contribution >= 0.6 is 68.8 Å². The molecule has 374 valence electrons. The Balaban J connectivity index is 0.000000174. The number of thiophene rings is 3. The number of anilines is 3. The normalized spacial score (nSPS) is 17.4. The lowest BCUT2D eigenvalue weighted by Gasteiger charge is -2.33. The first-order chi connectivity index (χ1) is 33.2. The number of nitrogens with zero attached hydrogens (tertiary/aromatic N) is 6. The maximum absolute atomic E-state index is 12.8. The number of hydrogen-bond donors (Lipinski definition) is 1. The number of sulfone groups is 2. The number of halogens is 6. The molecular formula is C46H47Cl3F3N7O6S5. The first-order valence-electron chi connectivity index (χ1n) is 22.0. The fraction of sp³-hybridized carbons (Fsp3) is 0.391. The molecule has 10 rings (SSSR count). The van der Waals surface area contributed by atoms with E-state index in [0.29, 0.717) is 78.6 Å². The highest BCUT2D eigenvalue weighted by molar-refractivity contribution is 7.91. The summed E-state index contributed by atoms with van der Waals surface area (Å²) in [6, 6.07) is 16.7. The second kappa shape index (κ2) is 21.9. The van der Waals surface area contributed by atoms with Crippen molar-refractivity contribution in [1.29, 1.82) is 0 Å². The Kier molecular flexibility index (Phi) is 16.3. The topological polar surface area (TPSA) is 155 Å². The van der Waals surface area contributed by atoms with Gasteiger partial charge in [-0.15, -0.1) is 47.2 Å². The number of piperidine rings is 2. The smallest absolute Gasteiger partial charge is 0.406 e. The largest absolute Gasteiger partial charge is 0.573 e. The zero-order valence-corrected chi connectivity index (χ0v) is 44.0. The monoisotopic (exact) mass is 1120 g/mol. The lowest BCUT2D eigenvalue weighted by Crippen LogP contribution is -2.39. The highest BCUT2D eigenvalue weighted by Crippen LogP contribution is 2.37. The van der Waals surface area contributed by atoms with Crippen LogP contribution in [0.3, 0.4) is 0 Å². The van der Waals surface area contributed by atoms with Gasteiger partial charge in [-0.05, 0) is 90.2 Å². The van der Waals surface area contributed by atoms with E-state index < -0.39 is 26.0 Å². The fourth-order valence-electron chi connectivity index (χ4n) is 8.74. The summed E-state index contributed by atoms with van der Waals surface area (Å²) in [5, 5.41) is 10.5. The quantitative estimate of drug-likeness (QED) is 0.137. The van der Waals surface area contributed by atoms with Gasteiger partial charge in [-0.3, -0.25) is 4.79 Å². The zero-order valence-electron chi connectivity index (χ0n) is 37.7. The average Bonchev–Trinajstić information content (AvgIpc) is 4.15. The molecule has 0 saturated carbocycles. The van der Waals surface area contributed by atoms with Crippen molar-refractivity contribution in [3.63, 3.8) is 0 Å². The van der Waals surface area contributed by atoms with E-state index in [1.165, 1.54) is 36.8 Å². The van der Waals surface area contributed by atoms with Gasteiger partial charge >= 0.3 is 6.36 Å². The summed E-state index contributed by atoms with van der Waals surface area (Å²) in [5.41, 5.74) is 5.36.